The lowest BCUT2D eigenvalue weighted by atomic mass is 9.91. The van der Waals surface area contributed by atoms with E-state index in [1.165, 1.54) is 24.7 Å². The van der Waals surface area contributed by atoms with Crippen LogP contribution in [0.25, 0.3) is 0 Å². The molecule has 5 nitrogen and oxygen atoms in total. The molecule has 1 aromatic carbocycles. The fourth-order valence-corrected chi connectivity index (χ4v) is 3.84. The lowest BCUT2D eigenvalue weighted by Gasteiger charge is -2.32. The van der Waals surface area contributed by atoms with Crippen molar-refractivity contribution in [2.75, 3.05) is 19.3 Å². The quantitative estimate of drug-likeness (QED) is 0.653. The maximum atomic E-state index is 11.9. The number of sulfone groups is 1. The van der Waals surface area contributed by atoms with E-state index in [1.54, 1.807) is 12.1 Å². The van der Waals surface area contributed by atoms with Crippen LogP contribution in [-0.4, -0.2) is 38.8 Å². The summed E-state index contributed by atoms with van der Waals surface area (Å²) < 4.78 is 23.0. The second-order valence-electron chi connectivity index (χ2n) is 8.66. The van der Waals surface area contributed by atoms with Gasteiger partial charge in [-0.2, -0.15) is 0 Å². The molecule has 1 saturated heterocycles. The average molecular weight is 396 g/mol. The van der Waals surface area contributed by atoms with E-state index < -0.39 is 15.3 Å². The molecule has 1 aliphatic rings. The number of unbranched alkanes of at least 4 members (excludes halogenated alkanes) is 1. The van der Waals surface area contributed by atoms with Gasteiger partial charge in [0.2, 0.25) is 0 Å². The van der Waals surface area contributed by atoms with E-state index in [0.29, 0.717) is 10.8 Å². The largest absolute Gasteiger partial charge is 0.367 e. The Morgan fingerprint density at radius 2 is 1.70 bits per heavy atom. The van der Waals surface area contributed by atoms with E-state index in [9.17, 15) is 13.2 Å². The van der Waals surface area contributed by atoms with Crippen molar-refractivity contribution in [2.45, 2.75) is 64.2 Å². The number of carbonyl (C=O) groups excluding carboxylic acids is 1. The van der Waals surface area contributed by atoms with Gasteiger partial charge in [0.1, 0.15) is 0 Å². The van der Waals surface area contributed by atoms with Crippen molar-refractivity contribution in [2.24, 2.45) is 11.3 Å². The normalized spacial score (nSPS) is 17.0. The number of rotatable bonds is 7. The molecule has 1 aliphatic heterocycles. The number of hydrogen-bond acceptors (Lipinski definition) is 5. The second kappa shape index (κ2) is 9.20. The lowest BCUT2D eigenvalue weighted by molar-refractivity contribution is -0.206. The Labute approximate surface area is 164 Å². The van der Waals surface area contributed by atoms with Crippen LogP contribution in [0.5, 0.6) is 0 Å². The molecule has 0 aromatic heterocycles. The molecule has 2 rings (SSSR count). The summed E-state index contributed by atoms with van der Waals surface area (Å²) in [4.78, 5) is 17.8. The Morgan fingerprint density at radius 3 is 2.22 bits per heavy atom. The van der Waals surface area contributed by atoms with Crippen LogP contribution in [-0.2, 0) is 25.9 Å². The molecule has 0 amide bonds. The molecule has 0 atom stereocenters. The molecule has 0 radical (unpaired) electrons. The Hall–Kier alpha value is -1.40. The Bertz CT molecular complexity index is 712. The molecule has 0 saturated carbocycles. The summed E-state index contributed by atoms with van der Waals surface area (Å²) in [6.07, 6.45) is 7.82. The summed E-state index contributed by atoms with van der Waals surface area (Å²) in [5, 5.41) is 1.81. The Kier molecular flexibility index (Phi) is 7.46. The molecular formula is C21H33NO4S. The number of hydroxylamine groups is 2. The first kappa shape index (κ1) is 21.9. The molecule has 152 valence electrons. The molecule has 0 aliphatic carbocycles. The minimum Gasteiger partial charge on any atom is -0.367 e. The zero-order chi connectivity index (χ0) is 20.1. The maximum Gasteiger partial charge on any atom is 0.330 e. The molecule has 0 spiro atoms. The van der Waals surface area contributed by atoms with Gasteiger partial charge in [0.05, 0.1) is 10.3 Å². The van der Waals surface area contributed by atoms with Crippen molar-refractivity contribution in [3.8, 4) is 0 Å². The van der Waals surface area contributed by atoms with Crippen LogP contribution >= 0.6 is 0 Å². The van der Waals surface area contributed by atoms with Gasteiger partial charge in [-0.05, 0) is 70.1 Å². The topological polar surface area (TPSA) is 63.7 Å². The van der Waals surface area contributed by atoms with Gasteiger partial charge >= 0.3 is 5.97 Å². The maximum absolute atomic E-state index is 11.9. The summed E-state index contributed by atoms with van der Waals surface area (Å²) in [5.41, 5.74) is 0.724. The molecule has 27 heavy (non-hydrogen) atoms. The summed E-state index contributed by atoms with van der Waals surface area (Å²) in [6.45, 7) is 7.25. The minimum absolute atomic E-state index is 0.164. The molecule has 1 heterocycles. The van der Waals surface area contributed by atoms with Crippen molar-refractivity contribution in [3.63, 3.8) is 0 Å². The molecule has 6 heteroatoms. The van der Waals surface area contributed by atoms with Gasteiger partial charge in [0.15, 0.2) is 9.84 Å². The Balaban J connectivity index is 1.64. The molecule has 1 fully saturated rings. The smallest absolute Gasteiger partial charge is 0.330 e. The molecule has 0 bridgehead atoms. The van der Waals surface area contributed by atoms with Crippen LogP contribution in [0.1, 0.15) is 58.4 Å². The molecule has 0 N–H and O–H groups in total. The van der Waals surface area contributed by atoms with Crippen LogP contribution in [0, 0.1) is 11.3 Å². The fraction of sp³-hybridized carbons (Fsp3) is 0.667. The van der Waals surface area contributed by atoms with Crippen LogP contribution in [0.3, 0.4) is 0 Å². The zero-order valence-corrected chi connectivity index (χ0v) is 17.8. The predicted octanol–water partition coefficient (Wildman–Crippen LogP) is 4.02. The third-order valence-electron chi connectivity index (χ3n) is 5.08. The number of nitrogens with zero attached hydrogens (tertiary/aromatic N) is 1. The van der Waals surface area contributed by atoms with Crippen molar-refractivity contribution in [1.29, 1.82) is 0 Å². The predicted molar refractivity (Wildman–Crippen MR) is 107 cm³/mol. The van der Waals surface area contributed by atoms with E-state index >= 15 is 0 Å². The van der Waals surface area contributed by atoms with Crippen molar-refractivity contribution in [1.82, 2.24) is 5.06 Å². The van der Waals surface area contributed by atoms with Crippen molar-refractivity contribution < 1.29 is 18.0 Å². The fourth-order valence-electron chi connectivity index (χ4n) is 3.21. The van der Waals surface area contributed by atoms with Crippen molar-refractivity contribution in [3.05, 3.63) is 29.8 Å². The zero-order valence-electron chi connectivity index (χ0n) is 17.0. The van der Waals surface area contributed by atoms with Gasteiger partial charge in [-0.25, -0.2) is 13.2 Å². The monoisotopic (exact) mass is 395 g/mol. The van der Waals surface area contributed by atoms with Gasteiger partial charge in [-0.1, -0.05) is 25.0 Å². The third kappa shape index (κ3) is 7.26. The van der Waals surface area contributed by atoms with Crippen LogP contribution < -0.4 is 0 Å². The first-order valence-electron chi connectivity index (χ1n) is 9.82. The second-order valence-corrected chi connectivity index (χ2v) is 10.7. The van der Waals surface area contributed by atoms with E-state index in [0.717, 1.165) is 38.8 Å². The number of aryl methyl sites for hydroxylation is 1. The summed E-state index contributed by atoms with van der Waals surface area (Å²) in [5.74, 6) is 0.532. The first-order chi connectivity index (χ1) is 12.6. The minimum atomic E-state index is -3.12. The van der Waals surface area contributed by atoms with Gasteiger partial charge in [-0.15, -0.1) is 5.06 Å². The van der Waals surface area contributed by atoms with Gasteiger partial charge in [0.25, 0.3) is 0 Å². The Morgan fingerprint density at radius 1 is 1.11 bits per heavy atom. The van der Waals surface area contributed by atoms with Gasteiger partial charge in [-0.3, -0.25) is 0 Å². The summed E-state index contributed by atoms with van der Waals surface area (Å²) in [7, 11) is -3.12. The van der Waals surface area contributed by atoms with E-state index in [2.05, 4.69) is 0 Å². The highest BCUT2D eigenvalue weighted by Gasteiger charge is 2.28. The molecule has 0 unspecified atom stereocenters. The van der Waals surface area contributed by atoms with Crippen molar-refractivity contribution >= 4 is 15.8 Å². The highest BCUT2D eigenvalue weighted by atomic mass is 32.2. The third-order valence-corrected chi connectivity index (χ3v) is 6.21. The highest BCUT2D eigenvalue weighted by molar-refractivity contribution is 7.90. The van der Waals surface area contributed by atoms with Gasteiger partial charge in [0, 0.05) is 19.3 Å². The summed E-state index contributed by atoms with van der Waals surface area (Å²) in [6, 6.07) is 7.22. The van der Waals surface area contributed by atoms with E-state index in [1.807, 2.05) is 38.0 Å². The first-order valence-corrected chi connectivity index (χ1v) is 11.7. The number of piperidine rings is 1. The lowest BCUT2D eigenvalue weighted by Crippen LogP contribution is -2.38. The van der Waals surface area contributed by atoms with Gasteiger partial charge < -0.3 is 4.84 Å². The van der Waals surface area contributed by atoms with E-state index in [-0.39, 0.29) is 5.97 Å². The summed E-state index contributed by atoms with van der Waals surface area (Å²) >= 11 is 0. The number of hydrogen-bond donors (Lipinski definition) is 0. The molecule has 1 aromatic rings. The van der Waals surface area contributed by atoms with Crippen LogP contribution in [0.2, 0.25) is 0 Å². The SMILES string of the molecule is CC(C)(C)C(=O)ON1CCC(CCCCc2ccc(S(C)(=O)=O)cc2)CC1. The highest BCUT2D eigenvalue weighted by Crippen LogP contribution is 2.25. The van der Waals surface area contributed by atoms with Crippen LogP contribution in [0.15, 0.2) is 29.2 Å². The van der Waals surface area contributed by atoms with E-state index in [4.69, 9.17) is 4.84 Å². The standard InChI is InChI=1S/C21H33NO4S/c1-21(2,3)20(23)26-22-15-13-18(14-16-22)8-6-5-7-17-9-11-19(12-10-17)27(4,24)25/h9-12,18H,5-8,13-16H2,1-4H3. The molecular weight excluding hydrogens is 362 g/mol. The number of carbonyl (C=O) groups is 1. The number of benzene rings is 1. The average Bonchev–Trinajstić information content (AvgIpc) is 2.59. The van der Waals surface area contributed by atoms with Crippen LogP contribution in [0.4, 0.5) is 0 Å².